The molecule has 0 N–H and O–H groups in total. The fraction of sp³-hybridized carbons (Fsp3) is 0.444. The van der Waals surface area contributed by atoms with Crippen molar-refractivity contribution in [1.82, 2.24) is 15.4 Å². The molecule has 1 aliphatic carbocycles. The molecule has 2 aromatic rings. The Balaban J connectivity index is 2.04. The largest absolute Gasteiger partial charge is 0.409 e. The molecule has 1 saturated carbocycles. The predicted molar refractivity (Wildman–Crippen MR) is 54.2 cm³/mol. The zero-order chi connectivity index (χ0) is 10.4. The van der Waals surface area contributed by atoms with Crippen LogP contribution in [0.3, 0.4) is 0 Å². The zero-order valence-electron chi connectivity index (χ0n) is 8.03. The summed E-state index contributed by atoms with van der Waals surface area (Å²) in [5.41, 5.74) is 1.66. The van der Waals surface area contributed by atoms with E-state index in [2.05, 4.69) is 31.3 Å². The van der Waals surface area contributed by atoms with Crippen LogP contribution in [0.4, 0.5) is 0 Å². The summed E-state index contributed by atoms with van der Waals surface area (Å²) >= 11 is 3.10. The number of hydrogen-bond donors (Lipinski definition) is 0. The quantitative estimate of drug-likeness (QED) is 0.839. The molecule has 0 saturated heterocycles. The van der Waals surface area contributed by atoms with Crippen LogP contribution in [0.5, 0.6) is 0 Å². The van der Waals surface area contributed by atoms with E-state index in [-0.39, 0.29) is 0 Å². The van der Waals surface area contributed by atoms with Gasteiger partial charge in [-0.05, 0) is 19.8 Å². The first-order valence-electron chi connectivity index (χ1n) is 4.71. The van der Waals surface area contributed by atoms with E-state index in [1.165, 1.54) is 12.8 Å². The molecule has 0 radical (unpaired) electrons. The number of aromatic nitrogens is 3. The van der Waals surface area contributed by atoms with Crippen molar-refractivity contribution in [2.45, 2.75) is 25.7 Å². The summed E-state index contributed by atoms with van der Waals surface area (Å²) in [4.78, 5) is 0.355. The van der Waals surface area contributed by atoms with Crippen LogP contribution in [0.1, 0.15) is 30.1 Å². The molecule has 6 heteroatoms. The van der Waals surface area contributed by atoms with Crippen molar-refractivity contribution in [3.63, 3.8) is 0 Å². The maximum Gasteiger partial charge on any atom is 0.285 e. The summed E-state index contributed by atoms with van der Waals surface area (Å²) in [5, 5.41) is 11.5. The minimum absolute atomic E-state index is 0.355. The molecule has 15 heavy (non-hydrogen) atoms. The van der Waals surface area contributed by atoms with Gasteiger partial charge in [0.1, 0.15) is 5.76 Å². The van der Waals surface area contributed by atoms with Crippen molar-refractivity contribution in [3.8, 4) is 11.6 Å². The predicted octanol–water partition coefficient (Wildman–Crippen LogP) is 2.67. The van der Waals surface area contributed by atoms with Gasteiger partial charge in [-0.15, -0.1) is 10.2 Å². The molecule has 1 aliphatic rings. The minimum atomic E-state index is 0.355. The van der Waals surface area contributed by atoms with Crippen LogP contribution in [0.25, 0.3) is 11.6 Å². The number of rotatable bonds is 2. The highest BCUT2D eigenvalue weighted by molar-refractivity contribution is 9.10. The van der Waals surface area contributed by atoms with Gasteiger partial charge in [-0.25, -0.2) is 0 Å². The van der Waals surface area contributed by atoms with Crippen molar-refractivity contribution < 1.29 is 8.94 Å². The third-order valence-corrected chi connectivity index (χ3v) is 2.83. The Hall–Kier alpha value is -1.17. The van der Waals surface area contributed by atoms with Crippen LogP contribution < -0.4 is 0 Å². The van der Waals surface area contributed by atoms with Gasteiger partial charge in [0.25, 0.3) is 10.7 Å². The molecular weight excluding hydrogens is 262 g/mol. The van der Waals surface area contributed by atoms with Gasteiger partial charge in [0.15, 0.2) is 5.69 Å². The minimum Gasteiger partial charge on any atom is -0.409 e. The molecule has 2 heterocycles. The van der Waals surface area contributed by atoms with Crippen molar-refractivity contribution in [2.75, 3.05) is 0 Å². The van der Waals surface area contributed by atoms with Gasteiger partial charge in [0, 0.05) is 27.4 Å². The summed E-state index contributed by atoms with van der Waals surface area (Å²) < 4.78 is 10.5. The third-order valence-electron chi connectivity index (χ3n) is 2.51. The summed E-state index contributed by atoms with van der Waals surface area (Å²) in [6.07, 6.45) is 2.37. The van der Waals surface area contributed by atoms with E-state index in [1.807, 2.05) is 6.92 Å². The molecule has 0 amide bonds. The second-order valence-corrected chi connectivity index (χ2v) is 4.33. The van der Waals surface area contributed by atoms with Crippen LogP contribution in [-0.2, 0) is 0 Å². The number of hydrogen-bond acceptors (Lipinski definition) is 5. The molecule has 1 fully saturated rings. The van der Waals surface area contributed by atoms with Crippen LogP contribution in [-0.4, -0.2) is 15.4 Å². The van der Waals surface area contributed by atoms with Crippen LogP contribution in [0.2, 0.25) is 0 Å². The van der Waals surface area contributed by atoms with Gasteiger partial charge in [-0.3, -0.25) is 0 Å². The molecule has 0 unspecified atom stereocenters. The van der Waals surface area contributed by atoms with Crippen LogP contribution in [0, 0.1) is 6.92 Å². The van der Waals surface area contributed by atoms with E-state index < -0.39 is 0 Å². The van der Waals surface area contributed by atoms with Gasteiger partial charge in [-0.2, -0.15) is 0 Å². The number of halogens is 1. The van der Waals surface area contributed by atoms with E-state index in [4.69, 9.17) is 8.94 Å². The average Bonchev–Trinajstić information content (AvgIpc) is 2.86. The molecule has 0 atom stereocenters. The second kappa shape index (κ2) is 3.16. The highest BCUT2D eigenvalue weighted by Crippen LogP contribution is 2.43. The van der Waals surface area contributed by atoms with Gasteiger partial charge >= 0.3 is 0 Å². The highest BCUT2D eigenvalue weighted by Gasteiger charge is 2.31. The Bertz CT molecular complexity index is 501. The van der Waals surface area contributed by atoms with E-state index in [0.717, 1.165) is 11.3 Å². The fourth-order valence-electron chi connectivity index (χ4n) is 1.58. The molecule has 0 aromatic carbocycles. The van der Waals surface area contributed by atoms with Crippen molar-refractivity contribution in [3.05, 3.63) is 16.1 Å². The van der Waals surface area contributed by atoms with Gasteiger partial charge in [-0.1, -0.05) is 5.16 Å². The van der Waals surface area contributed by atoms with Crippen molar-refractivity contribution in [2.24, 2.45) is 0 Å². The Kier molecular flexibility index (Phi) is 1.92. The molecule has 78 valence electrons. The Labute approximate surface area is 94.0 Å². The lowest BCUT2D eigenvalue weighted by Gasteiger charge is -1.90. The summed E-state index contributed by atoms with van der Waals surface area (Å²) in [6, 6.07) is 0. The molecule has 5 nitrogen and oxygen atoms in total. The molecular formula is C9H8BrN3O2. The smallest absolute Gasteiger partial charge is 0.285 e. The molecule has 0 bridgehead atoms. The lowest BCUT2D eigenvalue weighted by atomic mass is 10.1. The molecule has 3 rings (SSSR count). The number of nitrogens with zero attached hydrogens (tertiary/aromatic N) is 3. The Morgan fingerprint density at radius 1 is 1.33 bits per heavy atom. The lowest BCUT2D eigenvalue weighted by Crippen LogP contribution is -1.83. The zero-order valence-corrected chi connectivity index (χ0v) is 9.61. The first-order chi connectivity index (χ1) is 7.25. The fourth-order valence-corrected chi connectivity index (χ4v) is 1.81. The first kappa shape index (κ1) is 9.08. The molecule has 0 aliphatic heterocycles. The van der Waals surface area contributed by atoms with Gasteiger partial charge in [0.05, 0.1) is 0 Å². The Morgan fingerprint density at radius 3 is 2.73 bits per heavy atom. The monoisotopic (exact) mass is 269 g/mol. The SMILES string of the molecule is Cc1c(-c2nnc(Br)o2)noc1C1CC1. The van der Waals surface area contributed by atoms with E-state index in [0.29, 0.717) is 22.3 Å². The molecule has 0 spiro atoms. The maximum atomic E-state index is 5.29. The third kappa shape index (κ3) is 1.49. The summed E-state index contributed by atoms with van der Waals surface area (Å²) in [6.45, 7) is 1.97. The summed E-state index contributed by atoms with van der Waals surface area (Å²) in [7, 11) is 0. The highest BCUT2D eigenvalue weighted by atomic mass is 79.9. The van der Waals surface area contributed by atoms with E-state index in [9.17, 15) is 0 Å². The standard InChI is InChI=1S/C9H8BrN3O2/c1-4-6(8-11-12-9(10)14-8)13-15-7(4)5-2-3-5/h5H,2-3H2,1H3. The van der Waals surface area contributed by atoms with E-state index in [1.54, 1.807) is 0 Å². The normalized spacial score (nSPS) is 15.9. The first-order valence-corrected chi connectivity index (χ1v) is 5.50. The summed E-state index contributed by atoms with van der Waals surface area (Å²) in [5.74, 6) is 1.90. The lowest BCUT2D eigenvalue weighted by molar-refractivity contribution is 0.383. The van der Waals surface area contributed by atoms with Crippen LogP contribution >= 0.6 is 15.9 Å². The Morgan fingerprint density at radius 2 is 2.13 bits per heavy atom. The topological polar surface area (TPSA) is 65.0 Å². The second-order valence-electron chi connectivity index (χ2n) is 3.65. The van der Waals surface area contributed by atoms with Crippen LogP contribution in [0.15, 0.2) is 13.7 Å². The maximum absolute atomic E-state index is 5.29. The average molecular weight is 270 g/mol. The van der Waals surface area contributed by atoms with E-state index >= 15 is 0 Å². The van der Waals surface area contributed by atoms with Crippen molar-refractivity contribution >= 4 is 15.9 Å². The van der Waals surface area contributed by atoms with Crippen molar-refractivity contribution in [1.29, 1.82) is 0 Å². The van der Waals surface area contributed by atoms with Gasteiger partial charge in [0.2, 0.25) is 0 Å². The molecule has 2 aromatic heterocycles. The van der Waals surface area contributed by atoms with Gasteiger partial charge < -0.3 is 8.94 Å².